The molecule has 0 aliphatic heterocycles. The SMILES string of the molecule is Fc1ccc2[nH]c(=S)n(Cc3cscn3)c2c1F. The Labute approximate surface area is 110 Å². The van der Waals surface area contributed by atoms with Crippen molar-refractivity contribution in [1.82, 2.24) is 14.5 Å². The molecule has 0 amide bonds. The summed E-state index contributed by atoms with van der Waals surface area (Å²) in [7, 11) is 0. The summed E-state index contributed by atoms with van der Waals surface area (Å²) in [5, 5.41) is 1.85. The minimum Gasteiger partial charge on any atom is -0.330 e. The number of thiazole rings is 1. The summed E-state index contributed by atoms with van der Waals surface area (Å²) in [6.07, 6.45) is 0. The Kier molecular flexibility index (Phi) is 2.71. The monoisotopic (exact) mass is 283 g/mol. The molecule has 0 spiro atoms. The molecule has 0 atom stereocenters. The third-order valence-electron chi connectivity index (χ3n) is 2.63. The van der Waals surface area contributed by atoms with Crippen LogP contribution >= 0.6 is 23.6 Å². The number of aromatic amines is 1. The molecule has 3 rings (SSSR count). The van der Waals surface area contributed by atoms with Gasteiger partial charge in [-0.05, 0) is 24.4 Å². The van der Waals surface area contributed by atoms with Gasteiger partial charge in [-0.2, -0.15) is 0 Å². The van der Waals surface area contributed by atoms with Gasteiger partial charge in [0.1, 0.15) is 5.52 Å². The summed E-state index contributed by atoms with van der Waals surface area (Å²) < 4.78 is 28.9. The molecule has 0 fully saturated rings. The molecule has 0 saturated carbocycles. The van der Waals surface area contributed by atoms with Crippen molar-refractivity contribution in [2.24, 2.45) is 0 Å². The molecule has 3 aromatic rings. The Morgan fingerprint density at radius 2 is 2.22 bits per heavy atom. The van der Waals surface area contributed by atoms with Crippen molar-refractivity contribution in [2.75, 3.05) is 0 Å². The van der Waals surface area contributed by atoms with Crippen LogP contribution in [0.25, 0.3) is 11.0 Å². The summed E-state index contributed by atoms with van der Waals surface area (Å²) in [5.41, 5.74) is 3.08. The highest BCUT2D eigenvalue weighted by molar-refractivity contribution is 7.71. The first kappa shape index (κ1) is 11.5. The van der Waals surface area contributed by atoms with Gasteiger partial charge >= 0.3 is 0 Å². The quantitative estimate of drug-likeness (QED) is 0.730. The van der Waals surface area contributed by atoms with E-state index in [0.717, 1.165) is 11.8 Å². The molecule has 0 radical (unpaired) electrons. The smallest absolute Gasteiger partial charge is 0.184 e. The van der Waals surface area contributed by atoms with Crippen LogP contribution < -0.4 is 0 Å². The maximum absolute atomic E-state index is 13.8. The number of imidazole rings is 1. The second-order valence-corrected chi connectivity index (χ2v) is 4.86. The van der Waals surface area contributed by atoms with Gasteiger partial charge in [0.25, 0.3) is 0 Å². The van der Waals surface area contributed by atoms with Gasteiger partial charge in [-0.25, -0.2) is 13.8 Å². The lowest BCUT2D eigenvalue weighted by Crippen LogP contribution is -2.02. The van der Waals surface area contributed by atoms with Crippen molar-refractivity contribution >= 4 is 34.6 Å². The van der Waals surface area contributed by atoms with E-state index in [1.54, 1.807) is 5.51 Å². The standard InChI is InChI=1S/C11H7F2N3S2/c12-7-1-2-8-10(9(7)13)16(11(17)15-8)3-6-4-18-5-14-6/h1-2,4-5H,3H2,(H,15,17). The lowest BCUT2D eigenvalue weighted by molar-refractivity contribution is 0.512. The number of fused-ring (bicyclic) bond motifs is 1. The fraction of sp³-hybridized carbons (Fsp3) is 0.0909. The van der Waals surface area contributed by atoms with E-state index in [2.05, 4.69) is 9.97 Å². The van der Waals surface area contributed by atoms with E-state index in [-0.39, 0.29) is 5.52 Å². The highest BCUT2D eigenvalue weighted by atomic mass is 32.1. The zero-order valence-corrected chi connectivity index (χ0v) is 10.6. The van der Waals surface area contributed by atoms with Crippen molar-refractivity contribution in [1.29, 1.82) is 0 Å². The van der Waals surface area contributed by atoms with Crippen LogP contribution in [0, 0.1) is 16.4 Å². The second kappa shape index (κ2) is 4.25. The predicted octanol–water partition coefficient (Wildman–Crippen LogP) is 3.48. The van der Waals surface area contributed by atoms with Crippen LogP contribution in [0.2, 0.25) is 0 Å². The molecule has 0 unspecified atom stereocenters. The Balaban J connectivity index is 2.24. The molecule has 0 saturated heterocycles. The average Bonchev–Trinajstić information content (AvgIpc) is 2.94. The van der Waals surface area contributed by atoms with Crippen LogP contribution in [0.5, 0.6) is 0 Å². The summed E-state index contributed by atoms with van der Waals surface area (Å²) in [5.74, 6) is -1.78. The molecule has 0 aliphatic rings. The van der Waals surface area contributed by atoms with E-state index < -0.39 is 11.6 Å². The first-order chi connectivity index (χ1) is 8.66. The van der Waals surface area contributed by atoms with Gasteiger partial charge in [0, 0.05) is 5.38 Å². The number of benzene rings is 1. The van der Waals surface area contributed by atoms with Crippen LogP contribution in [0.3, 0.4) is 0 Å². The summed E-state index contributed by atoms with van der Waals surface area (Å²) in [6, 6.07) is 2.55. The number of hydrogen-bond acceptors (Lipinski definition) is 3. The highest BCUT2D eigenvalue weighted by Gasteiger charge is 2.14. The fourth-order valence-electron chi connectivity index (χ4n) is 1.82. The van der Waals surface area contributed by atoms with Gasteiger partial charge in [-0.3, -0.25) is 0 Å². The third kappa shape index (κ3) is 1.75. The van der Waals surface area contributed by atoms with E-state index in [1.807, 2.05) is 5.38 Å². The number of hydrogen-bond donors (Lipinski definition) is 1. The number of aromatic nitrogens is 3. The fourth-order valence-corrected chi connectivity index (χ4v) is 2.63. The van der Waals surface area contributed by atoms with Gasteiger partial charge in [0.15, 0.2) is 16.4 Å². The molecule has 92 valence electrons. The molecule has 2 aromatic heterocycles. The van der Waals surface area contributed by atoms with E-state index in [1.165, 1.54) is 22.0 Å². The summed E-state index contributed by atoms with van der Waals surface area (Å²) >= 11 is 6.57. The average molecular weight is 283 g/mol. The predicted molar refractivity (Wildman–Crippen MR) is 68.3 cm³/mol. The zero-order chi connectivity index (χ0) is 12.7. The van der Waals surface area contributed by atoms with Crippen molar-refractivity contribution in [3.8, 4) is 0 Å². The zero-order valence-electron chi connectivity index (χ0n) is 8.98. The first-order valence-electron chi connectivity index (χ1n) is 5.10. The normalized spacial score (nSPS) is 11.2. The van der Waals surface area contributed by atoms with Gasteiger partial charge in [-0.1, -0.05) is 0 Å². The van der Waals surface area contributed by atoms with E-state index in [4.69, 9.17) is 12.2 Å². The van der Waals surface area contributed by atoms with Crippen LogP contribution in [0.4, 0.5) is 8.78 Å². The Morgan fingerprint density at radius 3 is 2.94 bits per heavy atom. The minimum absolute atomic E-state index is 0.146. The van der Waals surface area contributed by atoms with Crippen molar-refractivity contribution in [3.05, 3.63) is 45.1 Å². The topological polar surface area (TPSA) is 33.6 Å². The van der Waals surface area contributed by atoms with Gasteiger partial charge in [0.05, 0.1) is 23.3 Å². The highest BCUT2D eigenvalue weighted by Crippen LogP contribution is 2.21. The molecule has 0 bridgehead atoms. The Morgan fingerprint density at radius 1 is 1.39 bits per heavy atom. The van der Waals surface area contributed by atoms with Crippen LogP contribution in [0.1, 0.15) is 5.69 Å². The maximum Gasteiger partial charge on any atom is 0.184 e. The lowest BCUT2D eigenvalue weighted by atomic mass is 10.3. The molecule has 2 heterocycles. The van der Waals surface area contributed by atoms with Crippen LogP contribution in [-0.4, -0.2) is 14.5 Å². The molecule has 7 heteroatoms. The minimum atomic E-state index is -0.893. The molecule has 18 heavy (non-hydrogen) atoms. The Hall–Kier alpha value is -1.60. The largest absolute Gasteiger partial charge is 0.330 e. The first-order valence-corrected chi connectivity index (χ1v) is 6.45. The number of nitrogens with one attached hydrogen (secondary N) is 1. The molecule has 1 aromatic carbocycles. The number of halogens is 2. The number of nitrogens with zero attached hydrogens (tertiary/aromatic N) is 2. The van der Waals surface area contributed by atoms with Crippen LogP contribution in [-0.2, 0) is 6.54 Å². The number of H-pyrrole nitrogens is 1. The second-order valence-electron chi connectivity index (χ2n) is 3.75. The van der Waals surface area contributed by atoms with Crippen molar-refractivity contribution in [2.45, 2.75) is 6.54 Å². The molecule has 1 N–H and O–H groups in total. The van der Waals surface area contributed by atoms with Gasteiger partial charge in [0.2, 0.25) is 0 Å². The lowest BCUT2D eigenvalue weighted by Gasteiger charge is -2.03. The summed E-state index contributed by atoms with van der Waals surface area (Å²) in [6.45, 7) is 0.322. The molecular weight excluding hydrogens is 276 g/mol. The maximum atomic E-state index is 13.8. The molecule has 0 aliphatic carbocycles. The van der Waals surface area contributed by atoms with Gasteiger partial charge in [-0.15, -0.1) is 11.3 Å². The van der Waals surface area contributed by atoms with Crippen LogP contribution in [0.15, 0.2) is 23.0 Å². The van der Waals surface area contributed by atoms with Gasteiger partial charge < -0.3 is 9.55 Å². The molecular formula is C11H7F2N3S2. The van der Waals surface area contributed by atoms with E-state index >= 15 is 0 Å². The van der Waals surface area contributed by atoms with E-state index in [9.17, 15) is 8.78 Å². The summed E-state index contributed by atoms with van der Waals surface area (Å²) in [4.78, 5) is 6.97. The van der Waals surface area contributed by atoms with Crippen molar-refractivity contribution < 1.29 is 8.78 Å². The van der Waals surface area contributed by atoms with Crippen molar-refractivity contribution in [3.63, 3.8) is 0 Å². The number of rotatable bonds is 2. The van der Waals surface area contributed by atoms with E-state index in [0.29, 0.717) is 16.8 Å². The third-order valence-corrected chi connectivity index (χ3v) is 3.59. The Bertz CT molecular complexity index is 759. The molecule has 3 nitrogen and oxygen atoms in total.